The Morgan fingerprint density at radius 1 is 1.00 bits per heavy atom. The molecule has 1 fully saturated rings. The summed E-state index contributed by atoms with van der Waals surface area (Å²) in [5, 5.41) is 11.6. The number of rotatable bonds is 4. The van der Waals surface area contributed by atoms with Crippen LogP contribution >= 0.6 is 11.8 Å². The molecule has 0 aliphatic carbocycles. The lowest BCUT2D eigenvalue weighted by molar-refractivity contribution is -0.0441. The second kappa shape index (κ2) is 6.83. The van der Waals surface area contributed by atoms with Gasteiger partial charge in [0.15, 0.2) is 12.1 Å². The Kier molecular flexibility index (Phi) is 4.62. The van der Waals surface area contributed by atoms with Gasteiger partial charge in [0, 0.05) is 20.9 Å². The molecule has 0 radical (unpaired) electrons. The molecule has 1 heterocycles. The first-order valence-corrected chi connectivity index (χ1v) is 7.67. The molecule has 1 saturated heterocycles. The number of hydrogen-bond donors (Lipinski definition) is 2. The van der Waals surface area contributed by atoms with Gasteiger partial charge in [-0.15, -0.1) is 0 Å². The number of amidine groups is 1. The quantitative estimate of drug-likeness (QED) is 0.392. The van der Waals surface area contributed by atoms with Crippen LogP contribution in [0.4, 0.5) is 0 Å². The van der Waals surface area contributed by atoms with Crippen molar-refractivity contribution in [2.45, 2.75) is 16.1 Å². The highest BCUT2D eigenvalue weighted by Gasteiger charge is 2.17. The Bertz CT molecular complexity index is 650. The maximum absolute atomic E-state index is 8.65. The van der Waals surface area contributed by atoms with E-state index in [1.54, 1.807) is 11.8 Å². The van der Waals surface area contributed by atoms with Crippen molar-refractivity contribution in [3.63, 3.8) is 0 Å². The molecule has 0 aromatic heterocycles. The van der Waals surface area contributed by atoms with Gasteiger partial charge in [-0.1, -0.05) is 41.2 Å². The number of nitrogens with two attached hydrogens (primary N) is 1. The van der Waals surface area contributed by atoms with E-state index in [9.17, 15) is 0 Å². The topological polar surface area (TPSA) is 77.1 Å². The van der Waals surface area contributed by atoms with Crippen LogP contribution in [-0.2, 0) is 9.47 Å². The monoisotopic (exact) mass is 316 g/mol. The minimum absolute atomic E-state index is 0.109. The van der Waals surface area contributed by atoms with Crippen LogP contribution in [0.1, 0.15) is 17.4 Å². The number of oxime groups is 1. The standard InChI is InChI=1S/C16H16N2O3S/c17-15(18-19)11-1-5-13(6-2-11)22-14-7-3-12(4-8-14)16-20-9-10-21-16/h1-8,16,19H,9-10H2,(H2,17,18). The summed E-state index contributed by atoms with van der Waals surface area (Å²) in [5.41, 5.74) is 7.27. The molecule has 114 valence electrons. The van der Waals surface area contributed by atoms with Crippen LogP contribution < -0.4 is 5.73 Å². The molecule has 0 unspecified atom stereocenters. The predicted molar refractivity (Wildman–Crippen MR) is 84.2 cm³/mol. The van der Waals surface area contributed by atoms with Gasteiger partial charge in [0.25, 0.3) is 0 Å². The Balaban J connectivity index is 1.67. The molecule has 1 aliphatic rings. The third-order valence-electron chi connectivity index (χ3n) is 3.27. The lowest BCUT2D eigenvalue weighted by Crippen LogP contribution is -2.12. The molecular weight excluding hydrogens is 300 g/mol. The molecule has 5 nitrogen and oxygen atoms in total. The van der Waals surface area contributed by atoms with E-state index in [-0.39, 0.29) is 12.1 Å². The first-order valence-electron chi connectivity index (χ1n) is 6.85. The predicted octanol–water partition coefficient (Wildman–Crippen LogP) is 2.98. The van der Waals surface area contributed by atoms with Crippen LogP contribution in [0.3, 0.4) is 0 Å². The van der Waals surface area contributed by atoms with Gasteiger partial charge in [0.2, 0.25) is 0 Å². The first-order chi connectivity index (χ1) is 10.8. The molecule has 0 saturated carbocycles. The van der Waals surface area contributed by atoms with Gasteiger partial charge in [0.05, 0.1) is 13.2 Å². The SMILES string of the molecule is N/C(=N/O)c1ccc(Sc2ccc(C3OCCO3)cc2)cc1. The van der Waals surface area contributed by atoms with Gasteiger partial charge in [-0.25, -0.2) is 0 Å². The normalized spacial score (nSPS) is 16.1. The highest BCUT2D eigenvalue weighted by molar-refractivity contribution is 7.99. The van der Waals surface area contributed by atoms with Crippen LogP contribution in [0.2, 0.25) is 0 Å². The molecule has 22 heavy (non-hydrogen) atoms. The van der Waals surface area contributed by atoms with Crippen molar-refractivity contribution in [2.75, 3.05) is 13.2 Å². The van der Waals surface area contributed by atoms with Gasteiger partial charge >= 0.3 is 0 Å². The zero-order valence-electron chi connectivity index (χ0n) is 11.8. The maximum atomic E-state index is 8.65. The molecule has 2 aromatic rings. The van der Waals surface area contributed by atoms with Crippen molar-refractivity contribution in [1.82, 2.24) is 0 Å². The summed E-state index contributed by atoms with van der Waals surface area (Å²) in [6, 6.07) is 15.7. The summed E-state index contributed by atoms with van der Waals surface area (Å²) in [6.07, 6.45) is -0.237. The Morgan fingerprint density at radius 2 is 1.55 bits per heavy atom. The second-order valence-corrected chi connectivity index (χ2v) is 5.90. The van der Waals surface area contributed by atoms with Crippen LogP contribution in [0.15, 0.2) is 63.5 Å². The lowest BCUT2D eigenvalue weighted by Gasteiger charge is -2.10. The minimum Gasteiger partial charge on any atom is -0.409 e. The van der Waals surface area contributed by atoms with Crippen LogP contribution in [0.25, 0.3) is 0 Å². The fourth-order valence-electron chi connectivity index (χ4n) is 2.13. The fraction of sp³-hybridized carbons (Fsp3) is 0.188. The Hall–Kier alpha value is -2.02. The molecule has 0 spiro atoms. The van der Waals surface area contributed by atoms with Gasteiger partial charge in [-0.3, -0.25) is 0 Å². The molecule has 0 amide bonds. The number of ether oxygens (including phenoxy) is 2. The average molecular weight is 316 g/mol. The Morgan fingerprint density at radius 3 is 2.09 bits per heavy atom. The molecular formula is C16H16N2O3S. The van der Waals surface area contributed by atoms with E-state index in [1.807, 2.05) is 48.5 Å². The summed E-state index contributed by atoms with van der Waals surface area (Å²) in [6.45, 7) is 1.29. The van der Waals surface area contributed by atoms with Gasteiger partial charge in [-0.05, 0) is 24.3 Å². The van der Waals surface area contributed by atoms with Crippen LogP contribution in [0.5, 0.6) is 0 Å². The van der Waals surface area contributed by atoms with Gasteiger partial charge in [0.1, 0.15) is 0 Å². The average Bonchev–Trinajstić information content (AvgIpc) is 3.10. The van der Waals surface area contributed by atoms with Crippen molar-refractivity contribution in [3.8, 4) is 0 Å². The summed E-state index contributed by atoms with van der Waals surface area (Å²) in [4.78, 5) is 2.20. The van der Waals surface area contributed by atoms with E-state index in [1.165, 1.54) is 0 Å². The van der Waals surface area contributed by atoms with E-state index < -0.39 is 0 Å². The van der Waals surface area contributed by atoms with E-state index >= 15 is 0 Å². The van der Waals surface area contributed by atoms with Crippen molar-refractivity contribution in [2.24, 2.45) is 10.9 Å². The van der Waals surface area contributed by atoms with Crippen molar-refractivity contribution < 1.29 is 14.7 Å². The zero-order chi connectivity index (χ0) is 15.4. The number of nitrogens with zero attached hydrogens (tertiary/aromatic N) is 1. The highest BCUT2D eigenvalue weighted by Crippen LogP contribution is 2.30. The second-order valence-electron chi connectivity index (χ2n) is 4.75. The lowest BCUT2D eigenvalue weighted by atomic mass is 10.2. The van der Waals surface area contributed by atoms with E-state index in [4.69, 9.17) is 20.4 Å². The molecule has 0 bridgehead atoms. The zero-order valence-corrected chi connectivity index (χ0v) is 12.6. The summed E-state index contributed by atoms with van der Waals surface area (Å²) >= 11 is 1.64. The van der Waals surface area contributed by atoms with Crippen LogP contribution in [-0.4, -0.2) is 24.3 Å². The van der Waals surface area contributed by atoms with E-state index in [2.05, 4.69) is 5.16 Å². The van der Waals surface area contributed by atoms with Gasteiger partial charge in [-0.2, -0.15) is 0 Å². The van der Waals surface area contributed by atoms with Crippen molar-refractivity contribution >= 4 is 17.6 Å². The molecule has 0 atom stereocenters. The molecule has 6 heteroatoms. The molecule has 2 aromatic carbocycles. The summed E-state index contributed by atoms with van der Waals surface area (Å²) < 4.78 is 10.9. The first kappa shape index (κ1) is 14.9. The van der Waals surface area contributed by atoms with Crippen molar-refractivity contribution in [3.05, 3.63) is 59.7 Å². The molecule has 1 aliphatic heterocycles. The number of benzene rings is 2. The third-order valence-corrected chi connectivity index (χ3v) is 4.28. The minimum atomic E-state index is -0.237. The smallest absolute Gasteiger partial charge is 0.184 e. The molecule has 3 N–H and O–H groups in total. The molecule has 3 rings (SSSR count). The third kappa shape index (κ3) is 3.41. The van der Waals surface area contributed by atoms with Crippen LogP contribution in [0, 0.1) is 0 Å². The van der Waals surface area contributed by atoms with E-state index in [0.29, 0.717) is 18.8 Å². The fourth-order valence-corrected chi connectivity index (χ4v) is 2.95. The Labute approximate surface area is 132 Å². The largest absolute Gasteiger partial charge is 0.409 e. The van der Waals surface area contributed by atoms with Crippen molar-refractivity contribution in [1.29, 1.82) is 0 Å². The highest BCUT2D eigenvalue weighted by atomic mass is 32.2. The summed E-state index contributed by atoms with van der Waals surface area (Å²) in [5.74, 6) is 0.109. The number of hydrogen-bond acceptors (Lipinski definition) is 5. The van der Waals surface area contributed by atoms with Gasteiger partial charge < -0.3 is 20.4 Å². The maximum Gasteiger partial charge on any atom is 0.184 e. The summed E-state index contributed by atoms with van der Waals surface area (Å²) in [7, 11) is 0. The van der Waals surface area contributed by atoms with E-state index in [0.717, 1.165) is 15.4 Å².